The quantitative estimate of drug-likeness (QED) is 0.422. The minimum absolute atomic E-state index is 0.187. The van der Waals surface area contributed by atoms with Gasteiger partial charge in [0.25, 0.3) is 5.91 Å². The van der Waals surface area contributed by atoms with Crippen LogP contribution in [0.25, 0.3) is 0 Å². The van der Waals surface area contributed by atoms with Crippen molar-refractivity contribution in [2.45, 2.75) is 19.9 Å². The van der Waals surface area contributed by atoms with Crippen LogP contribution >= 0.6 is 11.6 Å². The zero-order valence-electron chi connectivity index (χ0n) is 18.6. The first-order chi connectivity index (χ1) is 15.8. The number of nitrogens with zero attached hydrogens (tertiary/aromatic N) is 1. The molecule has 3 rings (SSSR count). The average molecular weight is 487 g/mol. The Bertz CT molecular complexity index is 1180. The van der Waals surface area contributed by atoms with Crippen molar-refractivity contribution in [2.75, 3.05) is 23.7 Å². The molecule has 0 fully saturated rings. The van der Waals surface area contributed by atoms with E-state index in [0.29, 0.717) is 35.2 Å². The molecule has 3 aromatic carbocycles. The van der Waals surface area contributed by atoms with Crippen LogP contribution < -0.4 is 14.4 Å². The van der Waals surface area contributed by atoms with Gasteiger partial charge in [0.1, 0.15) is 12.4 Å². The van der Waals surface area contributed by atoms with Gasteiger partial charge in [-0.3, -0.25) is 9.10 Å². The first-order valence-corrected chi connectivity index (χ1v) is 12.8. The lowest BCUT2D eigenvalue weighted by Gasteiger charge is -2.25. The maximum Gasteiger partial charge on any atom is 0.251 e. The highest BCUT2D eigenvalue weighted by Gasteiger charge is 2.20. The molecule has 174 valence electrons. The molecule has 0 bridgehead atoms. The van der Waals surface area contributed by atoms with Gasteiger partial charge in [-0.25, -0.2) is 8.42 Å². The lowest BCUT2D eigenvalue weighted by Crippen LogP contribution is -2.30. The Balaban J connectivity index is 1.60. The molecule has 0 saturated heterocycles. The van der Waals surface area contributed by atoms with Gasteiger partial charge in [-0.2, -0.15) is 0 Å². The number of para-hydroxylation sites is 1. The van der Waals surface area contributed by atoms with E-state index in [1.165, 1.54) is 10.6 Å². The molecule has 8 heteroatoms. The van der Waals surface area contributed by atoms with Crippen molar-refractivity contribution in [3.8, 4) is 5.75 Å². The number of sulfonamides is 1. The van der Waals surface area contributed by atoms with Crippen LogP contribution in [0, 0.1) is 0 Å². The van der Waals surface area contributed by atoms with E-state index in [4.69, 9.17) is 16.3 Å². The number of benzene rings is 3. The molecule has 0 heterocycles. The van der Waals surface area contributed by atoms with Gasteiger partial charge < -0.3 is 10.1 Å². The number of anilines is 1. The summed E-state index contributed by atoms with van der Waals surface area (Å²) in [6, 6.07) is 21.4. The second-order valence-corrected chi connectivity index (χ2v) is 9.85. The number of carbonyl (C=O) groups excluding carboxylic acids is 1. The molecule has 0 aliphatic carbocycles. The van der Waals surface area contributed by atoms with Crippen LogP contribution in [0.15, 0.2) is 72.8 Å². The minimum Gasteiger partial charge on any atom is -0.492 e. The largest absolute Gasteiger partial charge is 0.492 e. The molecule has 3 aromatic rings. The van der Waals surface area contributed by atoms with Crippen molar-refractivity contribution >= 4 is 33.2 Å². The average Bonchev–Trinajstić information content (AvgIpc) is 2.81. The van der Waals surface area contributed by atoms with Crippen LogP contribution in [-0.2, 0) is 23.0 Å². The van der Waals surface area contributed by atoms with Gasteiger partial charge in [-0.1, -0.05) is 48.9 Å². The molecule has 6 nitrogen and oxygen atoms in total. The molecule has 33 heavy (non-hydrogen) atoms. The topological polar surface area (TPSA) is 75.7 Å². The normalized spacial score (nSPS) is 11.1. The second-order valence-electron chi connectivity index (χ2n) is 7.51. The maximum atomic E-state index is 12.5. The number of aryl methyl sites for hydroxylation is 1. The van der Waals surface area contributed by atoms with E-state index in [9.17, 15) is 13.2 Å². The number of nitrogens with one attached hydrogen (secondary N) is 1. The third-order valence-electron chi connectivity index (χ3n) is 5.05. The number of hydrogen-bond donors (Lipinski definition) is 1. The lowest BCUT2D eigenvalue weighted by atomic mass is 10.1. The molecule has 1 N–H and O–H groups in total. The lowest BCUT2D eigenvalue weighted by molar-refractivity contribution is 0.0947. The number of halogens is 1. The summed E-state index contributed by atoms with van der Waals surface area (Å²) < 4.78 is 31.9. The highest BCUT2D eigenvalue weighted by Crippen LogP contribution is 2.25. The van der Waals surface area contributed by atoms with Crippen molar-refractivity contribution in [2.24, 2.45) is 0 Å². The number of rotatable bonds is 10. The predicted octanol–water partition coefficient (Wildman–Crippen LogP) is 4.68. The fourth-order valence-electron chi connectivity index (χ4n) is 3.33. The Morgan fingerprint density at radius 2 is 1.67 bits per heavy atom. The Hall–Kier alpha value is -3.03. The smallest absolute Gasteiger partial charge is 0.251 e. The summed E-state index contributed by atoms with van der Waals surface area (Å²) >= 11 is 5.84. The maximum absolute atomic E-state index is 12.5. The number of hydrogen-bond acceptors (Lipinski definition) is 4. The zero-order valence-corrected chi connectivity index (χ0v) is 20.2. The van der Waals surface area contributed by atoms with Crippen LogP contribution in [0.5, 0.6) is 5.75 Å². The van der Waals surface area contributed by atoms with Crippen molar-refractivity contribution in [1.29, 1.82) is 0 Å². The Labute approximate surface area is 200 Å². The molecule has 0 aliphatic heterocycles. The number of amides is 1. The van der Waals surface area contributed by atoms with Crippen LogP contribution in [-0.4, -0.2) is 33.7 Å². The Morgan fingerprint density at radius 3 is 2.30 bits per heavy atom. The molecular formula is C25H27ClN2O4S. The van der Waals surface area contributed by atoms with E-state index in [2.05, 4.69) is 5.32 Å². The summed E-state index contributed by atoms with van der Waals surface area (Å²) in [5, 5.41) is 3.44. The van der Waals surface area contributed by atoms with Crippen LogP contribution in [0.4, 0.5) is 5.69 Å². The molecular weight excluding hydrogens is 460 g/mol. The van der Waals surface area contributed by atoms with Gasteiger partial charge in [0.05, 0.1) is 25.0 Å². The van der Waals surface area contributed by atoms with E-state index in [0.717, 1.165) is 17.5 Å². The van der Waals surface area contributed by atoms with Gasteiger partial charge in [-0.15, -0.1) is 0 Å². The summed E-state index contributed by atoms with van der Waals surface area (Å²) in [6.45, 7) is 2.85. The Kier molecular flexibility index (Phi) is 8.36. The van der Waals surface area contributed by atoms with E-state index >= 15 is 0 Å². The zero-order chi connectivity index (χ0) is 23.8. The number of carbonyl (C=O) groups is 1. The molecule has 0 radical (unpaired) electrons. The molecule has 0 aromatic heterocycles. The van der Waals surface area contributed by atoms with Gasteiger partial charge in [0, 0.05) is 10.6 Å². The van der Waals surface area contributed by atoms with Crippen molar-refractivity contribution in [3.63, 3.8) is 0 Å². The summed E-state index contributed by atoms with van der Waals surface area (Å²) in [5.74, 6) is 0.454. The summed E-state index contributed by atoms with van der Waals surface area (Å²) in [6.07, 6.45) is 1.93. The molecule has 0 aliphatic rings. The molecule has 0 saturated carbocycles. The molecule has 1 amide bonds. The van der Waals surface area contributed by atoms with Gasteiger partial charge in [0.2, 0.25) is 10.0 Å². The summed E-state index contributed by atoms with van der Waals surface area (Å²) in [7, 11) is -3.48. The molecule has 0 atom stereocenters. The van der Waals surface area contributed by atoms with Crippen molar-refractivity contribution < 1.29 is 17.9 Å². The van der Waals surface area contributed by atoms with Crippen molar-refractivity contribution in [3.05, 3.63) is 94.5 Å². The molecule has 0 unspecified atom stereocenters. The van der Waals surface area contributed by atoms with E-state index in [1.807, 2.05) is 31.2 Å². The van der Waals surface area contributed by atoms with E-state index < -0.39 is 10.0 Å². The van der Waals surface area contributed by atoms with Crippen LogP contribution in [0.2, 0.25) is 5.02 Å². The predicted molar refractivity (Wildman–Crippen MR) is 133 cm³/mol. The van der Waals surface area contributed by atoms with Gasteiger partial charge in [-0.05, 0) is 60.0 Å². The molecule has 0 spiro atoms. The van der Waals surface area contributed by atoms with Gasteiger partial charge in [0.15, 0.2) is 0 Å². The minimum atomic E-state index is -3.48. The van der Waals surface area contributed by atoms with Crippen molar-refractivity contribution in [1.82, 2.24) is 5.32 Å². The highest BCUT2D eigenvalue weighted by atomic mass is 35.5. The second kappa shape index (κ2) is 11.2. The SMILES string of the molecule is CCc1ccccc1N(Cc1ccc(C(=O)NCCOc2ccc(Cl)cc2)cc1)S(C)(=O)=O. The first kappa shape index (κ1) is 24.6. The summed E-state index contributed by atoms with van der Waals surface area (Å²) in [4.78, 5) is 12.4. The van der Waals surface area contributed by atoms with E-state index in [1.54, 1.807) is 48.5 Å². The Morgan fingerprint density at radius 1 is 1.00 bits per heavy atom. The number of ether oxygens (including phenoxy) is 1. The third-order valence-corrected chi connectivity index (χ3v) is 6.43. The first-order valence-electron chi connectivity index (χ1n) is 10.6. The monoisotopic (exact) mass is 486 g/mol. The van der Waals surface area contributed by atoms with E-state index in [-0.39, 0.29) is 12.5 Å². The standard InChI is InChI=1S/C25H27ClN2O4S/c1-3-20-6-4-5-7-24(20)28(33(2,30)31)18-19-8-10-21(11-9-19)25(29)27-16-17-32-23-14-12-22(26)13-15-23/h4-15H,3,16-18H2,1-2H3,(H,27,29). The highest BCUT2D eigenvalue weighted by molar-refractivity contribution is 7.92. The summed E-state index contributed by atoms with van der Waals surface area (Å²) in [5.41, 5.74) is 2.91. The third kappa shape index (κ3) is 6.97. The fourth-order valence-corrected chi connectivity index (χ4v) is 4.37. The van der Waals surface area contributed by atoms with Crippen LogP contribution in [0.3, 0.4) is 0 Å². The van der Waals surface area contributed by atoms with Gasteiger partial charge >= 0.3 is 0 Å². The fraction of sp³-hybridized carbons (Fsp3) is 0.240. The van der Waals surface area contributed by atoms with Crippen LogP contribution in [0.1, 0.15) is 28.4 Å².